The van der Waals surface area contributed by atoms with E-state index < -0.39 is 5.82 Å². The van der Waals surface area contributed by atoms with E-state index in [2.05, 4.69) is 22.0 Å². The zero-order valence-electron chi connectivity index (χ0n) is 21.3. The van der Waals surface area contributed by atoms with Crippen molar-refractivity contribution in [2.45, 2.75) is 45.1 Å². The van der Waals surface area contributed by atoms with Crippen molar-refractivity contribution < 1.29 is 18.7 Å². The molecular formula is C30H34FN3O3. The molecule has 4 rings (SSSR count). The van der Waals surface area contributed by atoms with Crippen LogP contribution in [-0.4, -0.2) is 35.7 Å². The Balaban J connectivity index is 1.23. The van der Waals surface area contributed by atoms with Crippen LogP contribution in [0.2, 0.25) is 0 Å². The lowest BCUT2D eigenvalue weighted by molar-refractivity contribution is 0.0949. The maximum absolute atomic E-state index is 13.7. The van der Waals surface area contributed by atoms with Gasteiger partial charge in [0.2, 0.25) is 0 Å². The van der Waals surface area contributed by atoms with Crippen LogP contribution in [0.5, 0.6) is 11.5 Å². The summed E-state index contributed by atoms with van der Waals surface area (Å²) in [5.41, 5.74) is 2.25. The Kier molecular flexibility index (Phi) is 9.52. The number of fused-ring (bicyclic) bond motifs is 1. The third-order valence-corrected chi connectivity index (χ3v) is 6.32. The third kappa shape index (κ3) is 7.09. The van der Waals surface area contributed by atoms with Crippen LogP contribution in [0.4, 0.5) is 4.39 Å². The Hall–Kier alpha value is -3.87. The number of aromatic nitrogens is 2. The number of methoxy groups -OCH3 is 1. The third-order valence-electron chi connectivity index (χ3n) is 6.32. The van der Waals surface area contributed by atoms with Gasteiger partial charge in [0.15, 0.2) is 11.5 Å². The Morgan fingerprint density at radius 1 is 0.892 bits per heavy atom. The molecule has 0 fully saturated rings. The molecule has 0 saturated carbocycles. The van der Waals surface area contributed by atoms with Crippen molar-refractivity contribution in [1.82, 2.24) is 14.9 Å². The Morgan fingerprint density at radius 3 is 2.49 bits per heavy atom. The van der Waals surface area contributed by atoms with Gasteiger partial charge in [0.05, 0.1) is 30.3 Å². The summed E-state index contributed by atoms with van der Waals surface area (Å²) >= 11 is 0. The van der Waals surface area contributed by atoms with Crippen LogP contribution in [0.3, 0.4) is 0 Å². The van der Waals surface area contributed by atoms with Crippen molar-refractivity contribution in [3.8, 4) is 11.5 Å². The monoisotopic (exact) mass is 503 g/mol. The van der Waals surface area contributed by atoms with Gasteiger partial charge in [0.25, 0.3) is 5.91 Å². The van der Waals surface area contributed by atoms with Crippen LogP contribution in [0.1, 0.15) is 48.3 Å². The summed E-state index contributed by atoms with van der Waals surface area (Å²) in [6.45, 7) is 2.03. The van der Waals surface area contributed by atoms with Gasteiger partial charge in [0, 0.05) is 19.5 Å². The largest absolute Gasteiger partial charge is 0.493 e. The summed E-state index contributed by atoms with van der Waals surface area (Å²) in [6.07, 6.45) is 5.52. The average Bonchev–Trinajstić information content (AvgIpc) is 3.28. The lowest BCUT2D eigenvalue weighted by Gasteiger charge is -2.12. The van der Waals surface area contributed by atoms with Crippen molar-refractivity contribution in [1.29, 1.82) is 0 Å². The molecule has 0 aliphatic heterocycles. The van der Waals surface area contributed by atoms with Gasteiger partial charge >= 0.3 is 0 Å². The first-order valence-electron chi connectivity index (χ1n) is 12.9. The first-order valence-corrected chi connectivity index (χ1v) is 12.9. The molecule has 1 N–H and O–H groups in total. The van der Waals surface area contributed by atoms with Crippen molar-refractivity contribution >= 4 is 16.9 Å². The first kappa shape index (κ1) is 26.2. The number of nitrogens with zero attached hydrogens (tertiary/aromatic N) is 2. The highest BCUT2D eigenvalue weighted by Gasteiger charge is 2.12. The fourth-order valence-corrected chi connectivity index (χ4v) is 4.39. The van der Waals surface area contributed by atoms with Gasteiger partial charge in [0.1, 0.15) is 11.6 Å². The van der Waals surface area contributed by atoms with E-state index in [-0.39, 0.29) is 11.5 Å². The Labute approximate surface area is 217 Å². The normalized spacial score (nSPS) is 11.0. The van der Waals surface area contributed by atoms with E-state index in [0.717, 1.165) is 73.4 Å². The number of benzene rings is 3. The maximum atomic E-state index is 13.7. The average molecular weight is 504 g/mol. The molecule has 194 valence electrons. The number of rotatable bonds is 14. The van der Waals surface area contributed by atoms with Crippen molar-refractivity contribution in [3.05, 3.63) is 90.0 Å². The van der Waals surface area contributed by atoms with Gasteiger partial charge in [-0.1, -0.05) is 42.8 Å². The van der Waals surface area contributed by atoms with E-state index in [1.54, 1.807) is 19.2 Å². The molecule has 0 spiro atoms. The number of aryl methyl sites for hydroxylation is 2. The van der Waals surface area contributed by atoms with Crippen molar-refractivity contribution in [3.63, 3.8) is 0 Å². The van der Waals surface area contributed by atoms with Crippen molar-refractivity contribution in [2.24, 2.45) is 0 Å². The second-order valence-electron chi connectivity index (χ2n) is 8.92. The fraction of sp³-hybridized carbons (Fsp3) is 0.333. The standard InChI is InChI=1S/C30H34FN3O3/c1-36-27-17-8-9-18-28(27)37-22-12-11-21-34-26-16-7-6-15-25(26)33-29(34)19-3-2-10-20-32-30(35)23-13-4-5-14-24(23)31/h4-9,13-18H,2-3,10-12,19-22H2,1H3,(H,32,35). The van der Waals surface area contributed by atoms with Gasteiger partial charge in [-0.2, -0.15) is 0 Å². The molecular weight excluding hydrogens is 469 g/mol. The number of carbonyl (C=O) groups excluding carboxylic acids is 1. The van der Waals surface area contributed by atoms with E-state index in [0.29, 0.717) is 13.2 Å². The molecule has 3 aromatic carbocycles. The smallest absolute Gasteiger partial charge is 0.254 e. The second kappa shape index (κ2) is 13.4. The molecule has 0 radical (unpaired) electrons. The summed E-state index contributed by atoms with van der Waals surface area (Å²) in [5.74, 6) is 1.74. The maximum Gasteiger partial charge on any atom is 0.254 e. The SMILES string of the molecule is COc1ccccc1OCCCCn1c(CCCCCNC(=O)c2ccccc2F)nc2ccccc21. The molecule has 1 heterocycles. The number of amides is 1. The highest BCUT2D eigenvalue weighted by Crippen LogP contribution is 2.26. The van der Waals surface area contributed by atoms with Crippen LogP contribution in [0, 0.1) is 5.82 Å². The number of carbonyl (C=O) groups is 1. The summed E-state index contributed by atoms with van der Waals surface area (Å²) in [4.78, 5) is 17.0. The molecule has 1 aromatic heterocycles. The van der Waals surface area contributed by atoms with Crippen LogP contribution >= 0.6 is 0 Å². The van der Waals surface area contributed by atoms with Gasteiger partial charge in [-0.25, -0.2) is 9.37 Å². The number of para-hydroxylation sites is 4. The van der Waals surface area contributed by atoms with Gasteiger partial charge in [-0.15, -0.1) is 0 Å². The molecule has 0 bridgehead atoms. The van der Waals surface area contributed by atoms with Gasteiger partial charge in [-0.3, -0.25) is 4.79 Å². The molecule has 37 heavy (non-hydrogen) atoms. The molecule has 4 aromatic rings. The lowest BCUT2D eigenvalue weighted by Crippen LogP contribution is -2.25. The van der Waals surface area contributed by atoms with Gasteiger partial charge < -0.3 is 19.4 Å². The van der Waals surface area contributed by atoms with Crippen LogP contribution < -0.4 is 14.8 Å². The highest BCUT2D eigenvalue weighted by molar-refractivity contribution is 5.94. The number of hydrogen-bond acceptors (Lipinski definition) is 4. The molecule has 0 saturated heterocycles. The summed E-state index contributed by atoms with van der Waals surface area (Å²) in [7, 11) is 1.65. The molecule has 0 aliphatic rings. The number of nitrogens with one attached hydrogen (secondary N) is 1. The van der Waals surface area contributed by atoms with E-state index in [4.69, 9.17) is 14.5 Å². The van der Waals surface area contributed by atoms with Crippen LogP contribution in [0.15, 0.2) is 72.8 Å². The highest BCUT2D eigenvalue weighted by atomic mass is 19.1. The Morgan fingerprint density at radius 2 is 1.65 bits per heavy atom. The zero-order chi connectivity index (χ0) is 25.9. The quantitative estimate of drug-likeness (QED) is 0.209. The zero-order valence-corrected chi connectivity index (χ0v) is 21.3. The first-order chi connectivity index (χ1) is 18.2. The molecule has 6 nitrogen and oxygen atoms in total. The minimum absolute atomic E-state index is 0.0875. The van der Waals surface area contributed by atoms with E-state index >= 15 is 0 Å². The molecule has 0 atom stereocenters. The minimum atomic E-state index is -0.495. The molecule has 7 heteroatoms. The minimum Gasteiger partial charge on any atom is -0.493 e. The predicted molar refractivity (Wildman–Crippen MR) is 144 cm³/mol. The fourth-order valence-electron chi connectivity index (χ4n) is 4.39. The van der Waals surface area contributed by atoms with E-state index in [1.165, 1.54) is 12.1 Å². The van der Waals surface area contributed by atoms with E-state index in [9.17, 15) is 9.18 Å². The summed E-state index contributed by atoms with van der Waals surface area (Å²) < 4.78 is 27.3. The second-order valence-corrected chi connectivity index (χ2v) is 8.92. The molecule has 0 aliphatic carbocycles. The number of imidazole rings is 1. The van der Waals surface area contributed by atoms with Crippen LogP contribution in [0.25, 0.3) is 11.0 Å². The van der Waals surface area contributed by atoms with Gasteiger partial charge in [-0.05, 0) is 62.1 Å². The topological polar surface area (TPSA) is 65.4 Å². The van der Waals surface area contributed by atoms with Crippen molar-refractivity contribution in [2.75, 3.05) is 20.3 Å². The Bertz CT molecular complexity index is 1300. The number of unbranched alkanes of at least 4 members (excludes halogenated alkanes) is 3. The molecule has 0 unspecified atom stereocenters. The summed E-state index contributed by atoms with van der Waals surface area (Å²) in [5, 5.41) is 2.81. The molecule has 1 amide bonds. The number of halogens is 1. The predicted octanol–water partition coefficient (Wildman–Crippen LogP) is 6.19. The lowest BCUT2D eigenvalue weighted by atomic mass is 10.1. The van der Waals surface area contributed by atoms with Crippen LogP contribution in [-0.2, 0) is 13.0 Å². The van der Waals surface area contributed by atoms with E-state index in [1.807, 2.05) is 36.4 Å². The number of ether oxygens (including phenoxy) is 2. The number of hydrogen-bond donors (Lipinski definition) is 1. The summed E-state index contributed by atoms with van der Waals surface area (Å²) in [6, 6.07) is 22.0.